The number of aromatic nitrogens is 1. The van der Waals surface area contributed by atoms with Crippen molar-refractivity contribution in [2.24, 2.45) is 0 Å². The molecular weight excluding hydrogens is 282 g/mol. The van der Waals surface area contributed by atoms with Crippen LogP contribution in [0, 0.1) is 17.0 Å². The Morgan fingerprint density at radius 3 is 2.77 bits per heavy atom. The monoisotopic (exact) mass is 301 g/mol. The summed E-state index contributed by atoms with van der Waals surface area (Å²) < 4.78 is 5.93. The zero-order valence-corrected chi connectivity index (χ0v) is 12.7. The van der Waals surface area contributed by atoms with Gasteiger partial charge in [0.15, 0.2) is 0 Å². The van der Waals surface area contributed by atoms with Gasteiger partial charge in [0.2, 0.25) is 0 Å². The minimum Gasteiger partial charge on any atom is -0.489 e. The summed E-state index contributed by atoms with van der Waals surface area (Å²) in [4.78, 5) is 14.1. The van der Waals surface area contributed by atoms with Crippen molar-refractivity contribution in [2.45, 2.75) is 26.4 Å². The molecule has 1 aromatic heterocycles. The molecule has 1 aromatic carbocycles. The molecule has 0 saturated heterocycles. The molecule has 2 aromatic rings. The van der Waals surface area contributed by atoms with E-state index in [0.717, 1.165) is 17.7 Å². The third-order valence-corrected chi connectivity index (χ3v) is 3.22. The number of aryl methyl sites for hydroxylation is 1. The Bertz CT molecular complexity index is 629. The quantitative estimate of drug-likeness (QED) is 0.625. The summed E-state index contributed by atoms with van der Waals surface area (Å²) in [6.45, 7) is 4.65. The Morgan fingerprint density at radius 1 is 1.36 bits per heavy atom. The summed E-state index contributed by atoms with van der Waals surface area (Å²) in [6.07, 6.45) is 2.08. The molecule has 0 saturated carbocycles. The Hall–Kier alpha value is -2.63. The Labute approximate surface area is 129 Å². The van der Waals surface area contributed by atoms with E-state index in [2.05, 4.69) is 10.3 Å². The molecule has 0 fully saturated rings. The van der Waals surface area contributed by atoms with E-state index in [1.165, 1.54) is 12.3 Å². The van der Waals surface area contributed by atoms with E-state index in [9.17, 15) is 10.1 Å². The smallest absolute Gasteiger partial charge is 0.287 e. The maximum absolute atomic E-state index is 10.6. The first-order chi connectivity index (χ1) is 10.6. The molecule has 2 rings (SSSR count). The summed E-state index contributed by atoms with van der Waals surface area (Å²) in [5, 5.41) is 13.7. The molecule has 1 N–H and O–H groups in total. The van der Waals surface area contributed by atoms with Crippen LogP contribution in [0.2, 0.25) is 0 Å². The number of nitro groups is 1. The first-order valence-corrected chi connectivity index (χ1v) is 7.16. The molecule has 0 aliphatic heterocycles. The highest BCUT2D eigenvalue weighted by atomic mass is 16.6. The van der Waals surface area contributed by atoms with Gasteiger partial charge in [-0.25, -0.2) is 4.98 Å². The van der Waals surface area contributed by atoms with Gasteiger partial charge in [0, 0.05) is 6.07 Å². The number of hydrogen-bond acceptors (Lipinski definition) is 5. The standard InChI is InChI=1S/C16H19N3O3/c1-3-14(22-15-6-4-5-12(2)9-15)11-18-16-8-7-13(10-17-16)19(20)21/h4-10,14H,3,11H2,1-2H3,(H,17,18). The lowest BCUT2D eigenvalue weighted by Gasteiger charge is -2.18. The second-order valence-electron chi connectivity index (χ2n) is 5.00. The van der Waals surface area contributed by atoms with E-state index in [0.29, 0.717) is 12.4 Å². The zero-order valence-electron chi connectivity index (χ0n) is 12.7. The minimum absolute atomic E-state index is 0.00112. The molecule has 0 radical (unpaired) electrons. The van der Waals surface area contributed by atoms with Crippen molar-refractivity contribution >= 4 is 11.5 Å². The molecule has 6 heteroatoms. The van der Waals surface area contributed by atoms with Crippen LogP contribution in [0.25, 0.3) is 0 Å². The largest absolute Gasteiger partial charge is 0.489 e. The SMILES string of the molecule is CCC(CNc1ccc([N+](=O)[O-])cn1)Oc1cccc(C)c1. The van der Waals surface area contributed by atoms with Crippen LogP contribution in [0.4, 0.5) is 11.5 Å². The van der Waals surface area contributed by atoms with Crippen LogP contribution < -0.4 is 10.1 Å². The van der Waals surface area contributed by atoms with Gasteiger partial charge in [0.1, 0.15) is 23.9 Å². The molecule has 0 spiro atoms. The van der Waals surface area contributed by atoms with Crippen molar-refractivity contribution in [3.8, 4) is 5.75 Å². The number of nitrogens with one attached hydrogen (secondary N) is 1. The van der Waals surface area contributed by atoms with Gasteiger partial charge in [-0.05, 0) is 37.1 Å². The molecule has 1 unspecified atom stereocenters. The highest BCUT2D eigenvalue weighted by molar-refractivity contribution is 5.40. The van der Waals surface area contributed by atoms with Gasteiger partial charge >= 0.3 is 0 Å². The number of rotatable bonds is 7. The Morgan fingerprint density at radius 2 is 2.18 bits per heavy atom. The topological polar surface area (TPSA) is 77.3 Å². The average molecular weight is 301 g/mol. The van der Waals surface area contributed by atoms with Crippen molar-refractivity contribution in [1.29, 1.82) is 0 Å². The van der Waals surface area contributed by atoms with Crippen molar-refractivity contribution in [3.63, 3.8) is 0 Å². The molecular formula is C16H19N3O3. The summed E-state index contributed by atoms with van der Waals surface area (Å²) in [7, 11) is 0. The predicted octanol–water partition coefficient (Wildman–Crippen LogP) is 3.57. The lowest BCUT2D eigenvalue weighted by Crippen LogP contribution is -2.25. The fourth-order valence-electron chi connectivity index (χ4n) is 1.97. The third kappa shape index (κ3) is 4.44. The lowest BCUT2D eigenvalue weighted by atomic mass is 10.2. The predicted molar refractivity (Wildman–Crippen MR) is 85.3 cm³/mol. The molecule has 116 valence electrons. The fourth-order valence-corrected chi connectivity index (χ4v) is 1.97. The van der Waals surface area contributed by atoms with E-state index in [1.54, 1.807) is 6.07 Å². The number of nitrogens with zero attached hydrogens (tertiary/aromatic N) is 2. The van der Waals surface area contributed by atoms with Crippen LogP contribution >= 0.6 is 0 Å². The normalized spacial score (nSPS) is 11.7. The van der Waals surface area contributed by atoms with Crippen LogP contribution in [-0.4, -0.2) is 22.6 Å². The van der Waals surface area contributed by atoms with Crippen LogP contribution in [0.1, 0.15) is 18.9 Å². The number of benzene rings is 1. The second kappa shape index (κ2) is 7.40. The van der Waals surface area contributed by atoms with Gasteiger partial charge in [0.25, 0.3) is 5.69 Å². The second-order valence-corrected chi connectivity index (χ2v) is 5.00. The summed E-state index contributed by atoms with van der Waals surface area (Å²) in [6, 6.07) is 10.9. The van der Waals surface area contributed by atoms with Crippen molar-refractivity contribution in [1.82, 2.24) is 4.98 Å². The average Bonchev–Trinajstić information content (AvgIpc) is 2.52. The highest BCUT2D eigenvalue weighted by Gasteiger charge is 2.10. The molecule has 0 aliphatic carbocycles. The fraction of sp³-hybridized carbons (Fsp3) is 0.312. The van der Waals surface area contributed by atoms with Crippen LogP contribution in [0.3, 0.4) is 0 Å². The van der Waals surface area contributed by atoms with E-state index < -0.39 is 4.92 Å². The first kappa shape index (κ1) is 15.8. The highest BCUT2D eigenvalue weighted by Crippen LogP contribution is 2.16. The molecule has 0 bridgehead atoms. The molecule has 1 atom stereocenters. The van der Waals surface area contributed by atoms with Gasteiger partial charge in [-0.3, -0.25) is 10.1 Å². The van der Waals surface area contributed by atoms with E-state index in [4.69, 9.17) is 4.74 Å². The van der Waals surface area contributed by atoms with Crippen molar-refractivity contribution in [2.75, 3.05) is 11.9 Å². The van der Waals surface area contributed by atoms with Crippen LogP contribution in [0.15, 0.2) is 42.6 Å². The van der Waals surface area contributed by atoms with Gasteiger partial charge < -0.3 is 10.1 Å². The van der Waals surface area contributed by atoms with Gasteiger partial charge in [-0.1, -0.05) is 19.1 Å². The molecule has 1 heterocycles. The van der Waals surface area contributed by atoms with E-state index in [1.807, 2.05) is 38.1 Å². The molecule has 0 aliphatic rings. The van der Waals surface area contributed by atoms with Gasteiger partial charge in [-0.15, -0.1) is 0 Å². The maximum Gasteiger partial charge on any atom is 0.287 e. The summed E-state index contributed by atoms with van der Waals surface area (Å²) in [5.74, 6) is 1.43. The van der Waals surface area contributed by atoms with Crippen LogP contribution in [-0.2, 0) is 0 Å². The van der Waals surface area contributed by atoms with Crippen LogP contribution in [0.5, 0.6) is 5.75 Å². The number of anilines is 1. The Kier molecular flexibility index (Phi) is 5.30. The minimum atomic E-state index is -0.466. The zero-order chi connectivity index (χ0) is 15.9. The number of hydrogen-bond donors (Lipinski definition) is 1. The first-order valence-electron chi connectivity index (χ1n) is 7.16. The summed E-state index contributed by atoms with van der Waals surface area (Å²) >= 11 is 0. The molecule has 0 amide bonds. The summed E-state index contributed by atoms with van der Waals surface area (Å²) in [5.41, 5.74) is 1.13. The van der Waals surface area contributed by atoms with Crippen molar-refractivity contribution < 1.29 is 9.66 Å². The van der Waals surface area contributed by atoms with Crippen molar-refractivity contribution in [3.05, 3.63) is 58.3 Å². The maximum atomic E-state index is 10.6. The molecule has 22 heavy (non-hydrogen) atoms. The number of pyridine rings is 1. The molecule has 6 nitrogen and oxygen atoms in total. The van der Waals surface area contributed by atoms with E-state index >= 15 is 0 Å². The van der Waals surface area contributed by atoms with Gasteiger partial charge in [0.05, 0.1) is 11.5 Å². The third-order valence-electron chi connectivity index (χ3n) is 3.22. The number of ether oxygens (including phenoxy) is 1. The van der Waals surface area contributed by atoms with Gasteiger partial charge in [-0.2, -0.15) is 0 Å². The Balaban J connectivity index is 1.91. The van der Waals surface area contributed by atoms with E-state index in [-0.39, 0.29) is 11.8 Å². The lowest BCUT2D eigenvalue weighted by molar-refractivity contribution is -0.385.